The Morgan fingerprint density at radius 3 is 2.63 bits per heavy atom. The van der Waals surface area contributed by atoms with Crippen LogP contribution in [-0.4, -0.2) is 67.1 Å². The summed E-state index contributed by atoms with van der Waals surface area (Å²) in [4.78, 5) is 29.9. The van der Waals surface area contributed by atoms with Crippen molar-refractivity contribution in [3.05, 3.63) is 73.3 Å². The molecular weight excluding hydrogens is 485 g/mol. The number of hydrogen-bond donors (Lipinski definition) is 2. The van der Waals surface area contributed by atoms with Gasteiger partial charge in [0.25, 0.3) is 0 Å². The van der Waals surface area contributed by atoms with Crippen molar-refractivity contribution in [3.8, 4) is 17.0 Å². The SMILES string of the molecule is C=CC(=O)Nc1cc(Nc2ncc3ccnc(-c4cccc(F)c4)c3n2)c(OC)cc1N(C)CCN(C)C. The topological polar surface area (TPSA) is 95.5 Å². The molecule has 10 heteroatoms. The summed E-state index contributed by atoms with van der Waals surface area (Å²) in [5.74, 6) is 0.129. The van der Waals surface area contributed by atoms with Gasteiger partial charge in [-0.15, -0.1) is 0 Å². The number of pyridine rings is 1. The van der Waals surface area contributed by atoms with Crippen molar-refractivity contribution in [2.45, 2.75) is 0 Å². The van der Waals surface area contributed by atoms with E-state index in [1.807, 2.05) is 32.1 Å². The standard InChI is InChI=1S/C28H30FN7O2/c1-6-25(37)32-21-15-22(24(38-5)16-23(21)36(4)13-12-35(2)3)33-28-31-17-19-10-11-30-26(27(19)34-28)18-8-7-9-20(29)14-18/h6-11,14-17H,1,12-13H2,2-5H3,(H,32,37)(H,31,33,34). The molecule has 0 fully saturated rings. The fraction of sp³-hybridized carbons (Fsp3) is 0.214. The highest BCUT2D eigenvalue weighted by molar-refractivity contribution is 6.02. The van der Waals surface area contributed by atoms with Gasteiger partial charge in [0.1, 0.15) is 17.1 Å². The number of halogens is 1. The zero-order valence-electron chi connectivity index (χ0n) is 21.8. The summed E-state index contributed by atoms with van der Waals surface area (Å²) in [7, 11) is 7.52. The van der Waals surface area contributed by atoms with Crippen LogP contribution in [0.4, 0.5) is 27.4 Å². The van der Waals surface area contributed by atoms with Gasteiger partial charge in [0, 0.05) is 49.5 Å². The van der Waals surface area contributed by atoms with Crippen molar-refractivity contribution in [1.29, 1.82) is 0 Å². The average molecular weight is 516 g/mol. The minimum Gasteiger partial charge on any atom is -0.494 e. The number of hydrogen-bond acceptors (Lipinski definition) is 8. The third-order valence-electron chi connectivity index (χ3n) is 5.90. The number of fused-ring (bicyclic) bond motifs is 1. The molecule has 0 unspecified atom stereocenters. The number of aromatic nitrogens is 3. The van der Waals surface area contributed by atoms with Gasteiger partial charge in [-0.3, -0.25) is 9.78 Å². The van der Waals surface area contributed by atoms with E-state index in [1.54, 1.807) is 43.8 Å². The molecule has 38 heavy (non-hydrogen) atoms. The van der Waals surface area contributed by atoms with Crippen LogP contribution in [0.1, 0.15) is 0 Å². The van der Waals surface area contributed by atoms with E-state index in [0.29, 0.717) is 33.9 Å². The number of amides is 1. The molecule has 0 saturated heterocycles. The number of nitrogens with zero attached hydrogens (tertiary/aromatic N) is 5. The van der Waals surface area contributed by atoms with E-state index < -0.39 is 0 Å². The predicted molar refractivity (Wildman–Crippen MR) is 150 cm³/mol. The normalized spacial score (nSPS) is 10.9. The van der Waals surface area contributed by atoms with Crippen LogP contribution in [0.5, 0.6) is 5.75 Å². The third-order valence-corrected chi connectivity index (χ3v) is 5.90. The Hall–Kier alpha value is -4.57. The maximum Gasteiger partial charge on any atom is 0.247 e. The van der Waals surface area contributed by atoms with Gasteiger partial charge in [-0.2, -0.15) is 0 Å². The lowest BCUT2D eigenvalue weighted by atomic mass is 10.1. The quantitative estimate of drug-likeness (QED) is 0.293. The van der Waals surface area contributed by atoms with Crippen LogP contribution in [-0.2, 0) is 4.79 Å². The second kappa shape index (κ2) is 11.7. The van der Waals surface area contributed by atoms with Gasteiger partial charge in [-0.05, 0) is 44.4 Å². The van der Waals surface area contributed by atoms with Crippen LogP contribution >= 0.6 is 0 Å². The number of likely N-dealkylation sites (N-methyl/N-ethyl adjacent to an activating group) is 2. The monoisotopic (exact) mass is 515 g/mol. The van der Waals surface area contributed by atoms with Gasteiger partial charge in [0.2, 0.25) is 11.9 Å². The Bertz CT molecular complexity index is 1480. The molecule has 0 atom stereocenters. The first-order valence-corrected chi connectivity index (χ1v) is 11.9. The number of anilines is 4. The van der Waals surface area contributed by atoms with Crippen molar-refractivity contribution in [2.24, 2.45) is 0 Å². The highest BCUT2D eigenvalue weighted by Crippen LogP contribution is 2.38. The first-order chi connectivity index (χ1) is 18.3. The maximum absolute atomic E-state index is 13.9. The molecule has 2 heterocycles. The zero-order chi connectivity index (χ0) is 27.2. The number of nitrogens with one attached hydrogen (secondary N) is 2. The van der Waals surface area contributed by atoms with Crippen LogP contribution < -0.4 is 20.3 Å². The molecule has 0 spiro atoms. The average Bonchev–Trinajstić information content (AvgIpc) is 2.91. The van der Waals surface area contributed by atoms with Gasteiger partial charge in [0.05, 0.1) is 29.9 Å². The molecule has 4 aromatic rings. The summed E-state index contributed by atoms with van der Waals surface area (Å²) >= 11 is 0. The van der Waals surface area contributed by atoms with Gasteiger partial charge < -0.3 is 25.2 Å². The van der Waals surface area contributed by atoms with Crippen LogP contribution in [0.15, 0.2) is 67.5 Å². The molecule has 0 aliphatic heterocycles. The van der Waals surface area contributed by atoms with Gasteiger partial charge in [-0.1, -0.05) is 18.7 Å². The van der Waals surface area contributed by atoms with Gasteiger partial charge in [0.15, 0.2) is 0 Å². The number of carbonyl (C=O) groups excluding carboxylic acids is 1. The summed E-state index contributed by atoms with van der Waals surface area (Å²) in [5.41, 5.74) is 3.61. The summed E-state index contributed by atoms with van der Waals surface area (Å²) < 4.78 is 19.6. The number of methoxy groups -OCH3 is 1. The lowest BCUT2D eigenvalue weighted by molar-refractivity contribution is -0.111. The fourth-order valence-electron chi connectivity index (χ4n) is 3.89. The highest BCUT2D eigenvalue weighted by atomic mass is 19.1. The third kappa shape index (κ3) is 6.04. The van der Waals surface area contributed by atoms with Crippen LogP contribution in [0.3, 0.4) is 0 Å². The van der Waals surface area contributed by atoms with Crippen molar-refractivity contribution < 1.29 is 13.9 Å². The fourth-order valence-corrected chi connectivity index (χ4v) is 3.89. The molecule has 0 saturated carbocycles. The van der Waals surface area contributed by atoms with E-state index in [4.69, 9.17) is 4.74 Å². The highest BCUT2D eigenvalue weighted by Gasteiger charge is 2.17. The summed E-state index contributed by atoms with van der Waals surface area (Å²) in [5, 5.41) is 6.84. The Kier molecular flexibility index (Phi) is 8.12. The van der Waals surface area contributed by atoms with Gasteiger partial charge in [-0.25, -0.2) is 14.4 Å². The number of benzene rings is 2. The molecule has 2 aromatic heterocycles. The van der Waals surface area contributed by atoms with Crippen molar-refractivity contribution in [2.75, 3.05) is 56.9 Å². The molecule has 2 N–H and O–H groups in total. The molecule has 0 aliphatic rings. The molecule has 1 amide bonds. The molecule has 4 rings (SSSR count). The number of ether oxygens (including phenoxy) is 1. The van der Waals surface area contributed by atoms with E-state index >= 15 is 0 Å². The van der Waals surface area contributed by atoms with E-state index in [-0.39, 0.29) is 17.7 Å². The Morgan fingerprint density at radius 1 is 1.11 bits per heavy atom. The van der Waals surface area contributed by atoms with Crippen LogP contribution in [0.25, 0.3) is 22.2 Å². The van der Waals surface area contributed by atoms with Crippen LogP contribution in [0, 0.1) is 5.82 Å². The van der Waals surface area contributed by atoms with E-state index in [2.05, 4.69) is 37.1 Å². The first kappa shape index (κ1) is 26.5. The lowest BCUT2D eigenvalue weighted by Crippen LogP contribution is -2.29. The molecule has 196 valence electrons. The van der Waals surface area contributed by atoms with E-state index in [1.165, 1.54) is 18.2 Å². The Labute approximate surface area is 221 Å². The van der Waals surface area contributed by atoms with Crippen molar-refractivity contribution >= 4 is 39.8 Å². The Morgan fingerprint density at radius 2 is 1.92 bits per heavy atom. The molecular formula is C28H30FN7O2. The van der Waals surface area contributed by atoms with Gasteiger partial charge >= 0.3 is 0 Å². The largest absolute Gasteiger partial charge is 0.494 e. The summed E-state index contributed by atoms with van der Waals surface area (Å²) in [6.45, 7) is 5.11. The summed E-state index contributed by atoms with van der Waals surface area (Å²) in [6, 6.07) is 11.6. The minimum atomic E-state index is -0.358. The summed E-state index contributed by atoms with van der Waals surface area (Å²) in [6.07, 6.45) is 4.53. The number of rotatable bonds is 10. The minimum absolute atomic E-state index is 0.288. The second-order valence-corrected chi connectivity index (χ2v) is 8.91. The second-order valence-electron chi connectivity index (χ2n) is 8.91. The van der Waals surface area contributed by atoms with Crippen molar-refractivity contribution in [1.82, 2.24) is 19.9 Å². The maximum atomic E-state index is 13.9. The number of carbonyl (C=O) groups is 1. The molecule has 0 radical (unpaired) electrons. The van der Waals surface area contributed by atoms with Crippen LogP contribution in [0.2, 0.25) is 0 Å². The van der Waals surface area contributed by atoms with E-state index in [0.717, 1.165) is 24.2 Å². The van der Waals surface area contributed by atoms with E-state index in [9.17, 15) is 9.18 Å². The smallest absolute Gasteiger partial charge is 0.247 e. The first-order valence-electron chi connectivity index (χ1n) is 11.9. The predicted octanol–water partition coefficient (Wildman–Crippen LogP) is 4.71. The Balaban J connectivity index is 1.75. The molecule has 0 bridgehead atoms. The molecule has 0 aliphatic carbocycles. The lowest BCUT2D eigenvalue weighted by Gasteiger charge is -2.26. The zero-order valence-corrected chi connectivity index (χ0v) is 21.8. The molecule has 9 nitrogen and oxygen atoms in total. The molecule has 2 aromatic carbocycles. The van der Waals surface area contributed by atoms with Crippen molar-refractivity contribution in [3.63, 3.8) is 0 Å².